The summed E-state index contributed by atoms with van der Waals surface area (Å²) < 4.78 is 0. The molecule has 0 saturated carbocycles. The lowest BCUT2D eigenvalue weighted by atomic mass is 10.3. The Morgan fingerprint density at radius 3 is 2.07 bits per heavy atom. The molecule has 2 nitrogen and oxygen atoms in total. The Bertz CT molecular complexity index is 190. The van der Waals surface area contributed by atoms with Crippen molar-refractivity contribution in [2.45, 2.75) is 41.0 Å². The molecule has 0 aromatic heterocycles. The highest BCUT2D eigenvalue weighted by Crippen LogP contribution is 2.05. The third-order valence-electron chi connectivity index (χ3n) is 1.22. The van der Waals surface area contributed by atoms with Gasteiger partial charge in [-0.3, -0.25) is 5.01 Å². The second kappa shape index (κ2) is 12.0. The van der Waals surface area contributed by atoms with Gasteiger partial charge in [-0.1, -0.05) is 46.3 Å². The maximum atomic E-state index is 5.52. The summed E-state index contributed by atoms with van der Waals surface area (Å²) in [5.41, 5.74) is 1.03. The minimum absolute atomic E-state index is 1.03. The third-order valence-corrected chi connectivity index (χ3v) is 1.22. The lowest BCUT2D eigenvalue weighted by Gasteiger charge is -2.16. The predicted octanol–water partition coefficient (Wildman–Crippen LogP) is 3.59. The van der Waals surface area contributed by atoms with Crippen LogP contribution in [0.5, 0.6) is 0 Å². The Morgan fingerprint density at radius 2 is 1.79 bits per heavy atom. The third kappa shape index (κ3) is 7.62. The monoisotopic (exact) mass is 196 g/mol. The van der Waals surface area contributed by atoms with Crippen LogP contribution >= 0.6 is 0 Å². The molecule has 0 aliphatic carbocycles. The first-order valence-corrected chi connectivity index (χ1v) is 5.31. The van der Waals surface area contributed by atoms with Crippen molar-refractivity contribution in [2.75, 3.05) is 0 Å². The predicted molar refractivity (Wildman–Crippen MR) is 65.4 cm³/mol. The first-order chi connectivity index (χ1) is 6.76. The van der Waals surface area contributed by atoms with E-state index in [-0.39, 0.29) is 0 Å². The van der Waals surface area contributed by atoms with E-state index in [0.29, 0.717) is 0 Å². The molecular formula is C12H24N2. The smallest absolute Gasteiger partial charge is 0.0525 e. The fourth-order valence-corrected chi connectivity index (χ4v) is 0.714. The number of hydrogen-bond donors (Lipinski definition) is 1. The average Bonchev–Trinajstić information content (AvgIpc) is 2.23. The van der Waals surface area contributed by atoms with Gasteiger partial charge in [-0.2, -0.15) is 0 Å². The minimum atomic E-state index is 1.03. The van der Waals surface area contributed by atoms with Crippen molar-refractivity contribution >= 4 is 0 Å². The molecule has 2 heteroatoms. The quantitative estimate of drug-likeness (QED) is 0.600. The van der Waals surface area contributed by atoms with E-state index in [0.717, 1.165) is 5.70 Å². The second-order valence-electron chi connectivity index (χ2n) is 2.53. The molecule has 0 aromatic carbocycles. The highest BCUT2D eigenvalue weighted by Gasteiger charge is 1.96. The number of nitrogens with zero attached hydrogens (tertiary/aromatic N) is 1. The van der Waals surface area contributed by atoms with Gasteiger partial charge >= 0.3 is 0 Å². The number of nitrogens with two attached hydrogens (primary N) is 1. The Labute approximate surface area is 88.8 Å². The Hall–Kier alpha value is -1.02. The van der Waals surface area contributed by atoms with Gasteiger partial charge in [0.15, 0.2) is 0 Å². The van der Waals surface area contributed by atoms with Crippen molar-refractivity contribution in [1.29, 1.82) is 0 Å². The molecule has 82 valence electrons. The largest absolute Gasteiger partial charge is 0.287 e. The average molecular weight is 196 g/mol. The van der Waals surface area contributed by atoms with Crippen LogP contribution < -0.4 is 5.84 Å². The second-order valence-corrected chi connectivity index (χ2v) is 2.53. The molecule has 0 radical (unpaired) electrons. The molecule has 0 atom stereocenters. The summed E-state index contributed by atoms with van der Waals surface area (Å²) in [6.45, 7) is 10.2. The SMILES string of the molecule is C/C=C1/C=CC=CN1N.CC.CCC. The summed E-state index contributed by atoms with van der Waals surface area (Å²) >= 11 is 0. The highest BCUT2D eigenvalue weighted by atomic mass is 15.4. The first kappa shape index (κ1) is 15.5. The topological polar surface area (TPSA) is 29.3 Å². The number of allylic oxidation sites excluding steroid dienone is 4. The summed E-state index contributed by atoms with van der Waals surface area (Å²) in [7, 11) is 0. The van der Waals surface area contributed by atoms with Gasteiger partial charge in [0.1, 0.15) is 0 Å². The van der Waals surface area contributed by atoms with Gasteiger partial charge in [0.2, 0.25) is 0 Å². The highest BCUT2D eigenvalue weighted by molar-refractivity contribution is 5.25. The molecule has 0 spiro atoms. The maximum absolute atomic E-state index is 5.52. The zero-order valence-electron chi connectivity index (χ0n) is 10.1. The van der Waals surface area contributed by atoms with Crippen LogP contribution in [0.4, 0.5) is 0 Å². The summed E-state index contributed by atoms with van der Waals surface area (Å²) in [4.78, 5) is 0. The summed E-state index contributed by atoms with van der Waals surface area (Å²) in [5.74, 6) is 5.52. The van der Waals surface area contributed by atoms with Crippen LogP contribution in [0.25, 0.3) is 0 Å². The summed E-state index contributed by atoms with van der Waals surface area (Å²) in [6, 6.07) is 0. The van der Waals surface area contributed by atoms with E-state index in [1.807, 2.05) is 51.3 Å². The molecule has 0 unspecified atom stereocenters. The molecule has 1 heterocycles. The molecule has 0 aromatic rings. The minimum Gasteiger partial charge on any atom is -0.287 e. The zero-order chi connectivity index (χ0) is 11.4. The van der Waals surface area contributed by atoms with E-state index in [1.165, 1.54) is 6.42 Å². The molecule has 1 aliphatic heterocycles. The van der Waals surface area contributed by atoms with Gasteiger partial charge in [0.05, 0.1) is 5.70 Å². The van der Waals surface area contributed by atoms with Crippen molar-refractivity contribution in [3.05, 3.63) is 36.2 Å². The fraction of sp³-hybridized carbons (Fsp3) is 0.500. The number of rotatable bonds is 0. The summed E-state index contributed by atoms with van der Waals surface area (Å²) in [6.07, 6.45) is 10.8. The first-order valence-electron chi connectivity index (χ1n) is 5.31. The van der Waals surface area contributed by atoms with Crippen LogP contribution in [0, 0.1) is 0 Å². The Morgan fingerprint density at radius 1 is 1.29 bits per heavy atom. The van der Waals surface area contributed by atoms with Gasteiger partial charge in [-0.05, 0) is 19.1 Å². The van der Waals surface area contributed by atoms with Gasteiger partial charge in [-0.15, -0.1) is 0 Å². The zero-order valence-corrected chi connectivity index (χ0v) is 10.1. The van der Waals surface area contributed by atoms with E-state index >= 15 is 0 Å². The Kier molecular flexibility index (Phi) is 13.2. The van der Waals surface area contributed by atoms with Crippen molar-refractivity contribution in [3.8, 4) is 0 Å². The van der Waals surface area contributed by atoms with Crippen LogP contribution in [0.3, 0.4) is 0 Å². The fourth-order valence-electron chi connectivity index (χ4n) is 0.714. The van der Waals surface area contributed by atoms with Crippen LogP contribution in [0.15, 0.2) is 36.2 Å². The van der Waals surface area contributed by atoms with Gasteiger partial charge < -0.3 is 0 Å². The molecule has 1 rings (SSSR count). The van der Waals surface area contributed by atoms with Crippen LogP contribution in [0.2, 0.25) is 0 Å². The molecule has 1 aliphatic rings. The molecule has 0 amide bonds. The van der Waals surface area contributed by atoms with Crippen molar-refractivity contribution < 1.29 is 0 Å². The van der Waals surface area contributed by atoms with E-state index < -0.39 is 0 Å². The van der Waals surface area contributed by atoms with Crippen molar-refractivity contribution in [2.24, 2.45) is 5.84 Å². The molecule has 0 saturated heterocycles. The number of hydrogen-bond acceptors (Lipinski definition) is 2. The van der Waals surface area contributed by atoms with E-state index in [2.05, 4.69) is 13.8 Å². The van der Waals surface area contributed by atoms with Crippen molar-refractivity contribution in [3.63, 3.8) is 0 Å². The molecule has 14 heavy (non-hydrogen) atoms. The molecule has 0 fully saturated rings. The lowest BCUT2D eigenvalue weighted by Crippen LogP contribution is -2.24. The van der Waals surface area contributed by atoms with Crippen LogP contribution in [0.1, 0.15) is 41.0 Å². The number of hydrazine groups is 1. The van der Waals surface area contributed by atoms with Gasteiger partial charge in [0.25, 0.3) is 0 Å². The van der Waals surface area contributed by atoms with E-state index in [4.69, 9.17) is 5.84 Å². The normalized spacial score (nSPS) is 15.6. The molecule has 2 N–H and O–H groups in total. The maximum Gasteiger partial charge on any atom is 0.0525 e. The Balaban J connectivity index is 0. The van der Waals surface area contributed by atoms with E-state index in [9.17, 15) is 0 Å². The standard InChI is InChI=1S/C7H10N2.C3H8.C2H6/c1-2-7-5-3-4-6-9(7)8;1-3-2;1-2/h2-6H,8H2,1H3;3H2,1-2H3;1-2H3/b7-2-;;. The van der Waals surface area contributed by atoms with Crippen LogP contribution in [-0.2, 0) is 0 Å². The molecule has 0 bridgehead atoms. The van der Waals surface area contributed by atoms with E-state index in [1.54, 1.807) is 5.01 Å². The van der Waals surface area contributed by atoms with Gasteiger partial charge in [0, 0.05) is 6.20 Å². The molecular weight excluding hydrogens is 172 g/mol. The van der Waals surface area contributed by atoms with Crippen molar-refractivity contribution in [1.82, 2.24) is 5.01 Å². The lowest BCUT2D eigenvalue weighted by molar-refractivity contribution is 0.504. The van der Waals surface area contributed by atoms with Crippen LogP contribution in [-0.4, -0.2) is 5.01 Å². The summed E-state index contributed by atoms with van der Waals surface area (Å²) in [5, 5.41) is 1.58. The van der Waals surface area contributed by atoms with Gasteiger partial charge in [-0.25, -0.2) is 5.84 Å².